The van der Waals surface area contributed by atoms with Gasteiger partial charge in [-0.15, -0.1) is 0 Å². The number of phenols is 1. The number of phenolic OH excluding ortho intramolecular Hbond substituents is 1. The summed E-state index contributed by atoms with van der Waals surface area (Å²) in [7, 11) is 1.63. The monoisotopic (exact) mass is 425 g/mol. The van der Waals surface area contributed by atoms with Crippen LogP contribution < -0.4 is 4.74 Å². The highest BCUT2D eigenvalue weighted by molar-refractivity contribution is 6.00. The molecular formula is C26H23N3O3. The van der Waals surface area contributed by atoms with Crippen LogP contribution in [-0.4, -0.2) is 39.8 Å². The summed E-state index contributed by atoms with van der Waals surface area (Å²) >= 11 is 0. The summed E-state index contributed by atoms with van der Waals surface area (Å²) < 4.78 is 5.32. The minimum Gasteiger partial charge on any atom is -0.507 e. The number of hydrogen-bond acceptors (Lipinski definition) is 4. The maximum atomic E-state index is 13.4. The van der Waals surface area contributed by atoms with Gasteiger partial charge in [-0.05, 0) is 41.8 Å². The lowest BCUT2D eigenvalue weighted by molar-refractivity contribution is 0.0746. The predicted molar refractivity (Wildman–Crippen MR) is 122 cm³/mol. The van der Waals surface area contributed by atoms with E-state index in [1.165, 1.54) is 5.56 Å². The number of aromatic nitrogens is 2. The Morgan fingerprint density at radius 1 is 1.00 bits per heavy atom. The van der Waals surface area contributed by atoms with Crippen molar-refractivity contribution in [3.8, 4) is 22.8 Å². The van der Waals surface area contributed by atoms with Crippen LogP contribution in [-0.2, 0) is 6.42 Å². The number of aromatic hydroxyl groups is 1. The van der Waals surface area contributed by atoms with E-state index in [9.17, 15) is 9.90 Å². The molecule has 1 aliphatic rings. The second kappa shape index (κ2) is 8.23. The molecule has 0 aliphatic carbocycles. The van der Waals surface area contributed by atoms with Gasteiger partial charge < -0.3 is 14.7 Å². The van der Waals surface area contributed by atoms with E-state index in [-0.39, 0.29) is 17.7 Å². The van der Waals surface area contributed by atoms with Crippen LogP contribution >= 0.6 is 0 Å². The maximum Gasteiger partial charge on any atom is 0.273 e. The van der Waals surface area contributed by atoms with Gasteiger partial charge in [-0.2, -0.15) is 5.10 Å². The van der Waals surface area contributed by atoms with E-state index < -0.39 is 0 Å². The van der Waals surface area contributed by atoms with Crippen molar-refractivity contribution in [2.45, 2.75) is 12.5 Å². The Labute approximate surface area is 186 Å². The van der Waals surface area contributed by atoms with E-state index in [0.717, 1.165) is 23.3 Å². The Hall–Kier alpha value is -4.06. The number of nitrogens with one attached hydrogen (secondary N) is 1. The van der Waals surface area contributed by atoms with Gasteiger partial charge in [0.1, 0.15) is 22.9 Å². The zero-order valence-corrected chi connectivity index (χ0v) is 17.7. The molecule has 2 N–H and O–H groups in total. The van der Waals surface area contributed by atoms with Crippen molar-refractivity contribution in [1.29, 1.82) is 0 Å². The number of carbonyl (C=O) groups excluding carboxylic acids is 1. The third-order valence-corrected chi connectivity index (χ3v) is 5.94. The third kappa shape index (κ3) is 3.39. The van der Waals surface area contributed by atoms with E-state index in [2.05, 4.69) is 22.3 Å². The number of rotatable bonds is 6. The van der Waals surface area contributed by atoms with E-state index >= 15 is 0 Å². The van der Waals surface area contributed by atoms with Crippen LogP contribution in [0.4, 0.5) is 0 Å². The van der Waals surface area contributed by atoms with Gasteiger partial charge >= 0.3 is 0 Å². The fourth-order valence-electron chi connectivity index (χ4n) is 4.33. The molecule has 1 aliphatic heterocycles. The van der Waals surface area contributed by atoms with E-state index in [4.69, 9.17) is 4.74 Å². The number of aromatic amines is 1. The van der Waals surface area contributed by atoms with E-state index in [1.807, 2.05) is 59.5 Å². The zero-order chi connectivity index (χ0) is 22.1. The topological polar surface area (TPSA) is 78.5 Å². The molecular weight excluding hydrogens is 402 g/mol. The highest BCUT2D eigenvalue weighted by Crippen LogP contribution is 2.44. The molecule has 6 heteroatoms. The smallest absolute Gasteiger partial charge is 0.273 e. The Morgan fingerprint density at radius 3 is 2.44 bits per heavy atom. The fraction of sp³-hybridized carbons (Fsp3) is 0.154. The average Bonchev–Trinajstić information content (AvgIpc) is 3.37. The molecule has 32 heavy (non-hydrogen) atoms. The number of ether oxygens (including phenoxy) is 1. The van der Waals surface area contributed by atoms with Crippen molar-refractivity contribution < 1.29 is 14.6 Å². The maximum absolute atomic E-state index is 13.4. The number of carbonyl (C=O) groups is 1. The summed E-state index contributed by atoms with van der Waals surface area (Å²) in [6.45, 7) is 0.558. The van der Waals surface area contributed by atoms with Gasteiger partial charge in [0.25, 0.3) is 5.91 Å². The number of H-pyrrole nitrogens is 1. The Bertz CT molecular complexity index is 1250. The number of para-hydroxylation sites is 1. The Morgan fingerprint density at radius 2 is 1.72 bits per heavy atom. The van der Waals surface area contributed by atoms with Crippen LogP contribution in [0.3, 0.4) is 0 Å². The number of benzene rings is 3. The summed E-state index contributed by atoms with van der Waals surface area (Å²) in [5.41, 5.74) is 4.58. The van der Waals surface area contributed by atoms with Gasteiger partial charge in [0.15, 0.2) is 0 Å². The normalized spacial score (nSPS) is 15.1. The molecule has 0 bridgehead atoms. The number of amides is 1. The molecule has 0 spiro atoms. The van der Waals surface area contributed by atoms with Gasteiger partial charge in [0, 0.05) is 17.7 Å². The molecule has 0 saturated heterocycles. The Kier molecular flexibility index (Phi) is 5.11. The number of hydrogen-bond donors (Lipinski definition) is 2. The van der Waals surface area contributed by atoms with Crippen LogP contribution in [0.5, 0.6) is 11.5 Å². The van der Waals surface area contributed by atoms with Crippen LogP contribution in [0.25, 0.3) is 11.3 Å². The van der Waals surface area contributed by atoms with Crippen LogP contribution in [0.1, 0.15) is 33.2 Å². The molecule has 160 valence electrons. The molecule has 0 saturated carbocycles. The number of methoxy groups -OCH3 is 1. The van der Waals surface area contributed by atoms with Gasteiger partial charge in [-0.3, -0.25) is 9.89 Å². The average molecular weight is 425 g/mol. The lowest BCUT2D eigenvalue weighted by Crippen LogP contribution is -2.31. The van der Waals surface area contributed by atoms with Gasteiger partial charge in [0.2, 0.25) is 0 Å². The first-order valence-corrected chi connectivity index (χ1v) is 10.5. The second-order valence-corrected chi connectivity index (χ2v) is 7.79. The number of nitrogens with zero attached hydrogens (tertiary/aromatic N) is 2. The van der Waals surface area contributed by atoms with Crippen molar-refractivity contribution in [3.05, 3.63) is 101 Å². The summed E-state index contributed by atoms with van der Waals surface area (Å²) in [5.74, 6) is 0.790. The highest BCUT2D eigenvalue weighted by atomic mass is 16.5. The molecule has 0 radical (unpaired) electrons. The van der Waals surface area contributed by atoms with E-state index in [0.29, 0.717) is 23.5 Å². The predicted octanol–water partition coefficient (Wildman–Crippen LogP) is 4.58. The fourth-order valence-corrected chi connectivity index (χ4v) is 4.33. The minimum atomic E-state index is -0.319. The summed E-state index contributed by atoms with van der Waals surface area (Å²) in [4.78, 5) is 15.3. The zero-order valence-electron chi connectivity index (χ0n) is 17.7. The van der Waals surface area contributed by atoms with Crippen molar-refractivity contribution in [3.63, 3.8) is 0 Å². The molecule has 4 aromatic rings. The van der Waals surface area contributed by atoms with Gasteiger partial charge in [-0.25, -0.2) is 0 Å². The molecule has 1 amide bonds. The van der Waals surface area contributed by atoms with Crippen LogP contribution in [0, 0.1) is 0 Å². The first-order valence-electron chi connectivity index (χ1n) is 10.5. The third-order valence-electron chi connectivity index (χ3n) is 5.94. The van der Waals surface area contributed by atoms with Crippen molar-refractivity contribution in [2.75, 3.05) is 13.7 Å². The number of fused-ring (bicyclic) bond motifs is 1. The van der Waals surface area contributed by atoms with Gasteiger partial charge in [0.05, 0.1) is 13.2 Å². The van der Waals surface area contributed by atoms with Crippen molar-refractivity contribution in [2.24, 2.45) is 0 Å². The quantitative estimate of drug-likeness (QED) is 0.474. The standard InChI is InChI=1S/C26H23N3O3/c1-32-19-13-11-18(12-14-19)25-22-23(20-9-5-6-10-21(20)30)27-28-24(22)26(31)29(25)16-15-17-7-3-2-4-8-17/h2-14,25,30H,15-16H2,1H3,(H,27,28)/t25-/m0/s1. The molecule has 1 atom stereocenters. The summed E-state index contributed by atoms with van der Waals surface area (Å²) in [5, 5.41) is 17.8. The molecule has 3 aromatic carbocycles. The SMILES string of the molecule is COc1ccc([C@H]2c3c(-c4ccccc4O)n[nH]c3C(=O)N2CCc2ccccc2)cc1. The lowest BCUT2D eigenvalue weighted by atomic mass is 9.95. The molecule has 6 nitrogen and oxygen atoms in total. The molecule has 1 aromatic heterocycles. The second-order valence-electron chi connectivity index (χ2n) is 7.79. The first kappa shape index (κ1) is 19.9. The van der Waals surface area contributed by atoms with Crippen LogP contribution in [0.2, 0.25) is 0 Å². The van der Waals surface area contributed by atoms with E-state index in [1.54, 1.807) is 19.2 Å². The first-order chi connectivity index (χ1) is 15.7. The van der Waals surface area contributed by atoms with Crippen molar-refractivity contribution in [1.82, 2.24) is 15.1 Å². The lowest BCUT2D eigenvalue weighted by Gasteiger charge is -2.26. The minimum absolute atomic E-state index is 0.0917. The highest BCUT2D eigenvalue weighted by Gasteiger charge is 2.42. The summed E-state index contributed by atoms with van der Waals surface area (Å²) in [6.07, 6.45) is 0.739. The van der Waals surface area contributed by atoms with Crippen LogP contribution in [0.15, 0.2) is 78.9 Å². The molecule has 2 heterocycles. The molecule has 5 rings (SSSR count). The summed E-state index contributed by atoms with van der Waals surface area (Å²) in [6, 6.07) is 24.6. The van der Waals surface area contributed by atoms with Gasteiger partial charge in [-0.1, -0.05) is 54.6 Å². The van der Waals surface area contributed by atoms with Crippen molar-refractivity contribution >= 4 is 5.91 Å². The molecule has 0 unspecified atom stereocenters. The Balaban J connectivity index is 1.59. The largest absolute Gasteiger partial charge is 0.507 e. The molecule has 0 fully saturated rings.